The number of nitrogens with zero attached hydrogens (tertiary/aromatic N) is 3. The Morgan fingerprint density at radius 2 is 2.21 bits per heavy atom. The number of fused-ring (bicyclic) bond motifs is 1. The number of likely N-dealkylation sites (N-methyl/N-ethyl adjacent to an activating group) is 1. The molecule has 1 amide bonds. The molecule has 0 saturated carbocycles. The lowest BCUT2D eigenvalue weighted by Gasteiger charge is -2.14. The number of aryl methyl sites for hydroxylation is 1. The molecule has 0 radical (unpaired) electrons. The minimum Gasteiger partial charge on any atom is -0.364 e. The monoisotopic (exact) mass is 256 g/mol. The van der Waals surface area contributed by atoms with Gasteiger partial charge >= 0.3 is 0 Å². The summed E-state index contributed by atoms with van der Waals surface area (Å²) in [5, 5.41) is 4.36. The smallest absolute Gasteiger partial charge is 0.224 e. The van der Waals surface area contributed by atoms with Crippen LogP contribution in [0.25, 0.3) is 10.9 Å². The Morgan fingerprint density at radius 1 is 1.37 bits per heavy atom. The summed E-state index contributed by atoms with van der Waals surface area (Å²) >= 11 is 0. The molecule has 1 aliphatic heterocycles. The van der Waals surface area contributed by atoms with E-state index in [0.717, 1.165) is 23.3 Å². The van der Waals surface area contributed by atoms with Crippen molar-refractivity contribution < 1.29 is 4.79 Å². The van der Waals surface area contributed by atoms with Gasteiger partial charge in [0.25, 0.3) is 0 Å². The van der Waals surface area contributed by atoms with E-state index in [0.29, 0.717) is 6.42 Å². The number of aromatic nitrogens is 2. The third-order valence-electron chi connectivity index (χ3n) is 3.47. The minimum atomic E-state index is 0.121. The summed E-state index contributed by atoms with van der Waals surface area (Å²) in [6, 6.07) is 6.21. The average molecular weight is 256 g/mol. The summed E-state index contributed by atoms with van der Waals surface area (Å²) in [5.74, 6) is 0.980. The van der Waals surface area contributed by atoms with Crippen LogP contribution in [0.4, 0.5) is 5.82 Å². The molecular formula is C14H16N4O. The zero-order chi connectivity index (χ0) is 13.4. The van der Waals surface area contributed by atoms with Crippen molar-refractivity contribution in [2.24, 2.45) is 0 Å². The van der Waals surface area contributed by atoms with Gasteiger partial charge < -0.3 is 10.2 Å². The third kappa shape index (κ3) is 2.23. The fraction of sp³-hybridized carbons (Fsp3) is 0.357. The molecule has 1 N–H and O–H groups in total. The van der Waals surface area contributed by atoms with Crippen LogP contribution in [-0.4, -0.2) is 40.4 Å². The van der Waals surface area contributed by atoms with Gasteiger partial charge in [-0.3, -0.25) is 4.79 Å². The highest BCUT2D eigenvalue weighted by Gasteiger charge is 2.27. The lowest BCUT2D eigenvalue weighted by atomic mass is 10.1. The first-order chi connectivity index (χ1) is 9.13. The van der Waals surface area contributed by atoms with E-state index in [4.69, 9.17) is 0 Å². The van der Waals surface area contributed by atoms with Crippen LogP contribution in [0, 0.1) is 6.92 Å². The zero-order valence-corrected chi connectivity index (χ0v) is 11.1. The van der Waals surface area contributed by atoms with Crippen molar-refractivity contribution in [1.29, 1.82) is 0 Å². The van der Waals surface area contributed by atoms with Gasteiger partial charge in [-0.25, -0.2) is 9.97 Å². The van der Waals surface area contributed by atoms with Gasteiger partial charge in [0, 0.05) is 25.4 Å². The summed E-state index contributed by atoms with van der Waals surface area (Å²) in [6.07, 6.45) is 2.08. The van der Waals surface area contributed by atoms with E-state index in [2.05, 4.69) is 21.4 Å². The van der Waals surface area contributed by atoms with E-state index in [1.807, 2.05) is 26.1 Å². The fourth-order valence-electron chi connectivity index (χ4n) is 2.44. The van der Waals surface area contributed by atoms with Gasteiger partial charge in [-0.05, 0) is 19.1 Å². The first kappa shape index (κ1) is 11.9. The molecule has 1 aromatic heterocycles. The Bertz CT molecular complexity index is 640. The summed E-state index contributed by atoms with van der Waals surface area (Å²) in [4.78, 5) is 21.9. The van der Waals surface area contributed by atoms with Crippen molar-refractivity contribution in [3.05, 3.63) is 30.1 Å². The van der Waals surface area contributed by atoms with Crippen LogP contribution in [0.5, 0.6) is 0 Å². The van der Waals surface area contributed by atoms with Gasteiger partial charge in [0.05, 0.1) is 11.6 Å². The quantitative estimate of drug-likeness (QED) is 0.886. The molecule has 1 aliphatic rings. The predicted molar refractivity (Wildman–Crippen MR) is 73.9 cm³/mol. The Hall–Kier alpha value is -2.17. The highest BCUT2D eigenvalue weighted by atomic mass is 16.2. The van der Waals surface area contributed by atoms with Crippen LogP contribution in [0.15, 0.2) is 24.5 Å². The Labute approximate surface area is 111 Å². The second-order valence-electron chi connectivity index (χ2n) is 5.06. The van der Waals surface area contributed by atoms with Gasteiger partial charge in [-0.1, -0.05) is 11.6 Å². The zero-order valence-electron chi connectivity index (χ0n) is 11.1. The standard InChI is InChI=1S/C14H16N4O/c1-9-3-4-12-11(5-9)14(16-8-15-12)17-10-6-13(19)18(2)7-10/h3-5,8,10H,6-7H2,1-2H3,(H,15,16,17). The maximum Gasteiger partial charge on any atom is 0.224 e. The lowest BCUT2D eigenvalue weighted by Crippen LogP contribution is -2.24. The molecule has 1 saturated heterocycles. The molecule has 19 heavy (non-hydrogen) atoms. The number of anilines is 1. The molecule has 0 aliphatic carbocycles. The Morgan fingerprint density at radius 3 is 2.95 bits per heavy atom. The molecule has 5 heteroatoms. The first-order valence-electron chi connectivity index (χ1n) is 6.35. The number of carbonyl (C=O) groups excluding carboxylic acids is 1. The van der Waals surface area contributed by atoms with E-state index in [-0.39, 0.29) is 11.9 Å². The van der Waals surface area contributed by atoms with E-state index in [1.165, 1.54) is 5.56 Å². The summed E-state index contributed by atoms with van der Waals surface area (Å²) in [6.45, 7) is 2.76. The molecule has 1 fully saturated rings. The molecule has 2 heterocycles. The highest BCUT2D eigenvalue weighted by molar-refractivity contribution is 5.90. The number of likely N-dealkylation sites (tertiary alicyclic amines) is 1. The van der Waals surface area contributed by atoms with Crippen molar-refractivity contribution in [3.63, 3.8) is 0 Å². The largest absolute Gasteiger partial charge is 0.364 e. The SMILES string of the molecule is Cc1ccc2ncnc(NC3CC(=O)N(C)C3)c2c1. The van der Waals surface area contributed by atoms with E-state index < -0.39 is 0 Å². The van der Waals surface area contributed by atoms with Crippen LogP contribution in [0.3, 0.4) is 0 Å². The maximum atomic E-state index is 11.5. The molecule has 1 atom stereocenters. The molecule has 0 bridgehead atoms. The van der Waals surface area contributed by atoms with Gasteiger partial charge in [-0.15, -0.1) is 0 Å². The number of carbonyl (C=O) groups is 1. The Kier molecular flexibility index (Phi) is 2.81. The number of amides is 1. The molecule has 2 aromatic rings. The summed E-state index contributed by atoms with van der Waals surface area (Å²) < 4.78 is 0. The van der Waals surface area contributed by atoms with Crippen LogP contribution < -0.4 is 5.32 Å². The number of benzene rings is 1. The van der Waals surface area contributed by atoms with Gasteiger partial charge in [0.2, 0.25) is 5.91 Å². The van der Waals surface area contributed by atoms with E-state index >= 15 is 0 Å². The van der Waals surface area contributed by atoms with Crippen LogP contribution >= 0.6 is 0 Å². The van der Waals surface area contributed by atoms with Crippen LogP contribution in [0.1, 0.15) is 12.0 Å². The second-order valence-corrected chi connectivity index (χ2v) is 5.06. The normalized spacial score (nSPS) is 19.2. The van der Waals surface area contributed by atoms with Crippen molar-refractivity contribution >= 4 is 22.6 Å². The molecular weight excluding hydrogens is 240 g/mol. The van der Waals surface area contributed by atoms with Crippen molar-refractivity contribution in [2.45, 2.75) is 19.4 Å². The molecule has 0 spiro atoms. The van der Waals surface area contributed by atoms with E-state index in [9.17, 15) is 4.79 Å². The number of hydrogen-bond acceptors (Lipinski definition) is 4. The highest BCUT2D eigenvalue weighted by Crippen LogP contribution is 2.22. The van der Waals surface area contributed by atoms with Gasteiger partial charge in [0.1, 0.15) is 12.1 Å². The fourth-order valence-corrected chi connectivity index (χ4v) is 2.44. The van der Waals surface area contributed by atoms with Crippen molar-refractivity contribution in [1.82, 2.24) is 14.9 Å². The molecule has 98 valence electrons. The maximum absolute atomic E-state index is 11.5. The molecule has 5 nitrogen and oxygen atoms in total. The molecule has 1 aromatic carbocycles. The summed E-state index contributed by atoms with van der Waals surface area (Å²) in [5.41, 5.74) is 2.09. The van der Waals surface area contributed by atoms with E-state index in [1.54, 1.807) is 11.2 Å². The topological polar surface area (TPSA) is 58.1 Å². The lowest BCUT2D eigenvalue weighted by molar-refractivity contribution is -0.126. The van der Waals surface area contributed by atoms with Gasteiger partial charge in [-0.2, -0.15) is 0 Å². The molecule has 1 unspecified atom stereocenters. The third-order valence-corrected chi connectivity index (χ3v) is 3.47. The number of nitrogens with one attached hydrogen (secondary N) is 1. The number of hydrogen-bond donors (Lipinski definition) is 1. The second kappa shape index (κ2) is 4.50. The molecule has 3 rings (SSSR count). The predicted octanol–water partition coefficient (Wildman–Crippen LogP) is 1.58. The minimum absolute atomic E-state index is 0.121. The van der Waals surface area contributed by atoms with Gasteiger partial charge in [0.15, 0.2) is 0 Å². The average Bonchev–Trinajstić information content (AvgIpc) is 2.69. The Balaban J connectivity index is 1.93. The van der Waals surface area contributed by atoms with Crippen LogP contribution in [0.2, 0.25) is 0 Å². The van der Waals surface area contributed by atoms with Crippen LogP contribution in [-0.2, 0) is 4.79 Å². The van der Waals surface area contributed by atoms with Crippen molar-refractivity contribution in [2.75, 3.05) is 18.9 Å². The summed E-state index contributed by atoms with van der Waals surface area (Å²) in [7, 11) is 1.83. The first-order valence-corrected chi connectivity index (χ1v) is 6.35. The number of rotatable bonds is 2. The van der Waals surface area contributed by atoms with Crippen molar-refractivity contribution in [3.8, 4) is 0 Å².